The third-order valence-electron chi connectivity index (χ3n) is 4.76. The van der Waals surface area contributed by atoms with E-state index < -0.39 is 6.04 Å². The van der Waals surface area contributed by atoms with Gasteiger partial charge in [-0.2, -0.15) is 0 Å². The Kier molecular flexibility index (Phi) is 5.36. The van der Waals surface area contributed by atoms with Crippen LogP contribution in [0, 0.1) is 0 Å². The molecule has 0 aliphatic carbocycles. The van der Waals surface area contributed by atoms with E-state index in [1.165, 1.54) is 12.8 Å². The first-order valence-electron chi connectivity index (χ1n) is 9.00. The maximum absolute atomic E-state index is 12.6. The average molecular weight is 344 g/mol. The third-order valence-corrected chi connectivity index (χ3v) is 4.76. The van der Waals surface area contributed by atoms with Gasteiger partial charge < -0.3 is 9.64 Å². The Hall–Kier alpha value is -2.37. The smallest absolute Gasteiger partial charge is 0.255 e. The molecule has 6 nitrogen and oxygen atoms in total. The van der Waals surface area contributed by atoms with Gasteiger partial charge in [-0.1, -0.05) is 26.2 Å². The summed E-state index contributed by atoms with van der Waals surface area (Å²) in [5.74, 6) is -0.0545. The van der Waals surface area contributed by atoms with E-state index in [-0.39, 0.29) is 24.1 Å². The van der Waals surface area contributed by atoms with Gasteiger partial charge in [0.1, 0.15) is 11.8 Å². The van der Waals surface area contributed by atoms with Crippen LogP contribution in [0.4, 0.5) is 0 Å². The number of amides is 3. The largest absolute Gasteiger partial charge is 0.494 e. The van der Waals surface area contributed by atoms with Crippen molar-refractivity contribution in [3.8, 4) is 5.75 Å². The molecule has 0 aromatic heterocycles. The number of nitrogens with zero attached hydrogens (tertiary/aromatic N) is 1. The summed E-state index contributed by atoms with van der Waals surface area (Å²) < 4.78 is 5.78. The number of hydrogen-bond donors (Lipinski definition) is 1. The fourth-order valence-corrected chi connectivity index (χ4v) is 3.36. The van der Waals surface area contributed by atoms with Gasteiger partial charge in [0.25, 0.3) is 5.91 Å². The molecule has 3 amide bonds. The summed E-state index contributed by atoms with van der Waals surface area (Å²) in [6.45, 7) is 3.23. The second kappa shape index (κ2) is 7.68. The van der Waals surface area contributed by atoms with Crippen LogP contribution in [0.3, 0.4) is 0 Å². The molecule has 0 spiro atoms. The first-order chi connectivity index (χ1) is 12.1. The fourth-order valence-electron chi connectivity index (χ4n) is 3.36. The van der Waals surface area contributed by atoms with E-state index in [4.69, 9.17) is 4.74 Å². The van der Waals surface area contributed by atoms with Crippen LogP contribution >= 0.6 is 0 Å². The predicted octanol–water partition coefficient (Wildman–Crippen LogP) is 2.41. The number of benzene rings is 1. The van der Waals surface area contributed by atoms with Crippen LogP contribution in [-0.2, 0) is 16.1 Å². The lowest BCUT2D eigenvalue weighted by molar-refractivity contribution is -0.136. The van der Waals surface area contributed by atoms with Crippen molar-refractivity contribution in [1.82, 2.24) is 10.2 Å². The predicted molar refractivity (Wildman–Crippen MR) is 92.1 cm³/mol. The monoisotopic (exact) mass is 344 g/mol. The molecule has 3 rings (SSSR count). The number of ether oxygens (including phenoxy) is 1. The molecular weight excluding hydrogens is 320 g/mol. The van der Waals surface area contributed by atoms with Gasteiger partial charge in [0.05, 0.1) is 6.61 Å². The van der Waals surface area contributed by atoms with Crippen LogP contribution in [0.2, 0.25) is 0 Å². The van der Waals surface area contributed by atoms with E-state index in [9.17, 15) is 14.4 Å². The summed E-state index contributed by atoms with van der Waals surface area (Å²) in [5.41, 5.74) is 1.49. The molecule has 0 radical (unpaired) electrons. The third kappa shape index (κ3) is 3.83. The summed E-state index contributed by atoms with van der Waals surface area (Å²) in [6.07, 6.45) is 5.23. The summed E-state index contributed by atoms with van der Waals surface area (Å²) in [7, 11) is 0. The van der Waals surface area contributed by atoms with Crippen molar-refractivity contribution in [2.75, 3.05) is 6.61 Å². The van der Waals surface area contributed by atoms with Crippen molar-refractivity contribution in [2.45, 2.75) is 58.0 Å². The zero-order valence-electron chi connectivity index (χ0n) is 14.5. The number of piperidine rings is 1. The first-order valence-corrected chi connectivity index (χ1v) is 9.00. The second-order valence-corrected chi connectivity index (χ2v) is 6.63. The highest BCUT2D eigenvalue weighted by Gasteiger charge is 2.39. The molecule has 134 valence electrons. The molecular formula is C19H24N2O4. The lowest BCUT2D eigenvalue weighted by atomic mass is 10.0. The Balaban J connectivity index is 1.63. The molecule has 1 aromatic carbocycles. The molecule has 2 aliphatic heterocycles. The minimum Gasteiger partial charge on any atom is -0.494 e. The van der Waals surface area contributed by atoms with E-state index in [0.29, 0.717) is 25.1 Å². The van der Waals surface area contributed by atoms with Crippen molar-refractivity contribution in [3.63, 3.8) is 0 Å². The molecule has 0 bridgehead atoms. The van der Waals surface area contributed by atoms with E-state index in [0.717, 1.165) is 24.2 Å². The lowest BCUT2D eigenvalue weighted by Crippen LogP contribution is -2.52. The standard InChI is InChI=1S/C19H24N2O4/c1-2-3-4-5-10-25-14-6-7-15-13(11-14)12-21(19(15)24)16-8-9-17(22)20-18(16)23/h6-7,11,16H,2-5,8-10,12H2,1H3,(H,20,22,23). The topological polar surface area (TPSA) is 75.7 Å². The molecule has 1 aromatic rings. The van der Waals surface area contributed by atoms with Gasteiger partial charge in [0.2, 0.25) is 11.8 Å². The van der Waals surface area contributed by atoms with Gasteiger partial charge in [0.15, 0.2) is 0 Å². The Labute approximate surface area is 147 Å². The van der Waals surface area contributed by atoms with Gasteiger partial charge in [-0.15, -0.1) is 0 Å². The number of carbonyl (C=O) groups excluding carboxylic acids is 3. The van der Waals surface area contributed by atoms with Gasteiger partial charge >= 0.3 is 0 Å². The zero-order chi connectivity index (χ0) is 17.8. The van der Waals surface area contributed by atoms with Crippen LogP contribution < -0.4 is 10.1 Å². The molecule has 1 fully saturated rings. The van der Waals surface area contributed by atoms with E-state index in [1.807, 2.05) is 12.1 Å². The molecule has 1 atom stereocenters. The summed E-state index contributed by atoms with van der Waals surface area (Å²) in [5, 5.41) is 2.31. The minimum absolute atomic E-state index is 0.154. The maximum Gasteiger partial charge on any atom is 0.255 e. The zero-order valence-corrected chi connectivity index (χ0v) is 14.5. The summed E-state index contributed by atoms with van der Waals surface area (Å²) in [6, 6.07) is 4.89. The highest BCUT2D eigenvalue weighted by atomic mass is 16.5. The number of rotatable bonds is 7. The Bertz CT molecular complexity index is 686. The van der Waals surface area contributed by atoms with E-state index in [2.05, 4.69) is 12.2 Å². The normalized spacial score (nSPS) is 19.8. The quantitative estimate of drug-likeness (QED) is 0.609. The van der Waals surface area contributed by atoms with Crippen LogP contribution in [0.1, 0.15) is 61.4 Å². The molecule has 6 heteroatoms. The van der Waals surface area contributed by atoms with Gasteiger partial charge in [0, 0.05) is 18.5 Å². The Morgan fingerprint density at radius 3 is 2.80 bits per heavy atom. The molecule has 2 aliphatic rings. The highest BCUT2D eigenvalue weighted by molar-refractivity contribution is 6.05. The first kappa shape index (κ1) is 17.5. The van der Waals surface area contributed by atoms with Crippen LogP contribution in [0.15, 0.2) is 18.2 Å². The maximum atomic E-state index is 12.6. The van der Waals surface area contributed by atoms with Crippen LogP contribution in [-0.4, -0.2) is 35.3 Å². The molecule has 1 unspecified atom stereocenters. The molecule has 2 heterocycles. The molecule has 0 saturated carbocycles. The number of hydrogen-bond acceptors (Lipinski definition) is 4. The van der Waals surface area contributed by atoms with Gasteiger partial charge in [-0.05, 0) is 36.6 Å². The van der Waals surface area contributed by atoms with Crippen LogP contribution in [0.25, 0.3) is 0 Å². The van der Waals surface area contributed by atoms with Crippen molar-refractivity contribution in [1.29, 1.82) is 0 Å². The second-order valence-electron chi connectivity index (χ2n) is 6.63. The van der Waals surface area contributed by atoms with Crippen molar-refractivity contribution in [3.05, 3.63) is 29.3 Å². The van der Waals surface area contributed by atoms with Crippen LogP contribution in [0.5, 0.6) is 5.75 Å². The Morgan fingerprint density at radius 2 is 2.04 bits per heavy atom. The average Bonchev–Trinajstić information content (AvgIpc) is 2.91. The SMILES string of the molecule is CCCCCCOc1ccc2c(c1)CN(C1CCC(=O)NC1=O)C2=O. The van der Waals surface area contributed by atoms with E-state index >= 15 is 0 Å². The summed E-state index contributed by atoms with van der Waals surface area (Å²) in [4.78, 5) is 37.5. The number of carbonyl (C=O) groups is 3. The molecule has 1 saturated heterocycles. The number of fused-ring (bicyclic) bond motifs is 1. The number of nitrogens with one attached hydrogen (secondary N) is 1. The van der Waals surface area contributed by atoms with Crippen molar-refractivity contribution >= 4 is 17.7 Å². The fraction of sp³-hybridized carbons (Fsp3) is 0.526. The summed E-state index contributed by atoms with van der Waals surface area (Å²) >= 11 is 0. The molecule has 25 heavy (non-hydrogen) atoms. The Morgan fingerprint density at radius 1 is 1.20 bits per heavy atom. The highest BCUT2D eigenvalue weighted by Crippen LogP contribution is 2.30. The minimum atomic E-state index is -0.573. The number of unbranched alkanes of at least 4 members (excludes halogenated alkanes) is 3. The van der Waals surface area contributed by atoms with Gasteiger partial charge in [-0.3, -0.25) is 19.7 Å². The number of imide groups is 1. The lowest BCUT2D eigenvalue weighted by Gasteiger charge is -2.29. The van der Waals surface area contributed by atoms with Crippen molar-refractivity contribution < 1.29 is 19.1 Å². The van der Waals surface area contributed by atoms with E-state index in [1.54, 1.807) is 11.0 Å². The molecule has 1 N–H and O–H groups in total. The van der Waals surface area contributed by atoms with Gasteiger partial charge in [-0.25, -0.2) is 0 Å². The van der Waals surface area contributed by atoms with Crippen molar-refractivity contribution in [2.24, 2.45) is 0 Å².